The highest BCUT2D eigenvalue weighted by atomic mass is 79.9. The smallest absolute Gasteiger partial charge is 0.138 e. The number of imidazole rings is 1. The highest BCUT2D eigenvalue weighted by Gasteiger charge is 2.14. The van der Waals surface area contributed by atoms with Crippen molar-refractivity contribution in [1.29, 1.82) is 0 Å². The molecule has 0 saturated heterocycles. The van der Waals surface area contributed by atoms with E-state index in [0.717, 1.165) is 15.5 Å². The summed E-state index contributed by atoms with van der Waals surface area (Å²) >= 11 is 3.44. The predicted molar refractivity (Wildman–Crippen MR) is 83.6 cm³/mol. The minimum atomic E-state index is -0.585. The molecule has 102 valence electrons. The first-order valence-corrected chi connectivity index (χ1v) is 7.32. The van der Waals surface area contributed by atoms with Crippen molar-refractivity contribution in [3.05, 3.63) is 64.4 Å². The van der Waals surface area contributed by atoms with E-state index in [2.05, 4.69) is 37.6 Å². The average Bonchev–Trinajstić information content (AvgIpc) is 2.81. The molecule has 0 aliphatic carbocycles. The van der Waals surface area contributed by atoms with Crippen molar-refractivity contribution >= 4 is 27.0 Å². The van der Waals surface area contributed by atoms with Crippen LogP contribution in [0.25, 0.3) is 11.0 Å². The van der Waals surface area contributed by atoms with Crippen LogP contribution in [0.4, 0.5) is 0 Å². The third-order valence-corrected chi connectivity index (χ3v) is 3.84. The molecule has 0 fully saturated rings. The number of benzene rings is 2. The minimum absolute atomic E-state index is 0.585. The lowest BCUT2D eigenvalue weighted by Gasteiger charge is -2.11. The van der Waals surface area contributed by atoms with Gasteiger partial charge in [0.25, 0.3) is 0 Å². The third kappa shape index (κ3) is 2.49. The number of hydrogen-bond acceptors (Lipinski definition) is 2. The summed E-state index contributed by atoms with van der Waals surface area (Å²) in [6, 6.07) is 16.2. The van der Waals surface area contributed by atoms with Crippen LogP contribution in [0.2, 0.25) is 0 Å². The van der Waals surface area contributed by atoms with Crippen molar-refractivity contribution in [3.63, 3.8) is 0 Å². The van der Waals surface area contributed by atoms with Crippen LogP contribution < -0.4 is 0 Å². The van der Waals surface area contributed by atoms with Gasteiger partial charge in [-0.15, -0.1) is 0 Å². The Morgan fingerprint density at radius 3 is 2.55 bits per heavy atom. The van der Waals surface area contributed by atoms with Gasteiger partial charge in [0.2, 0.25) is 0 Å². The van der Waals surface area contributed by atoms with E-state index in [1.54, 1.807) is 6.92 Å². The van der Waals surface area contributed by atoms with Crippen LogP contribution in [0.5, 0.6) is 0 Å². The molecule has 1 N–H and O–H groups in total. The van der Waals surface area contributed by atoms with E-state index in [0.29, 0.717) is 12.4 Å². The van der Waals surface area contributed by atoms with Crippen molar-refractivity contribution in [1.82, 2.24) is 9.55 Å². The molecule has 3 nitrogen and oxygen atoms in total. The van der Waals surface area contributed by atoms with Crippen molar-refractivity contribution < 1.29 is 5.11 Å². The van der Waals surface area contributed by atoms with Gasteiger partial charge in [-0.1, -0.05) is 40.2 Å². The third-order valence-electron chi connectivity index (χ3n) is 3.31. The second kappa shape index (κ2) is 5.38. The van der Waals surface area contributed by atoms with E-state index >= 15 is 0 Å². The lowest BCUT2D eigenvalue weighted by Crippen LogP contribution is -2.07. The Balaban J connectivity index is 2.09. The Morgan fingerprint density at radius 1 is 1.15 bits per heavy atom. The van der Waals surface area contributed by atoms with E-state index in [1.165, 1.54) is 5.56 Å². The number of aromatic nitrogens is 2. The molecule has 0 aliphatic heterocycles. The Hall–Kier alpha value is -1.65. The van der Waals surface area contributed by atoms with E-state index in [-0.39, 0.29) is 0 Å². The number of para-hydroxylation sites is 2. The highest BCUT2D eigenvalue weighted by molar-refractivity contribution is 9.10. The zero-order valence-corrected chi connectivity index (χ0v) is 12.7. The maximum Gasteiger partial charge on any atom is 0.138 e. The molecule has 0 spiro atoms. The summed E-state index contributed by atoms with van der Waals surface area (Å²) in [5, 5.41) is 9.94. The largest absolute Gasteiger partial charge is 0.385 e. The van der Waals surface area contributed by atoms with Crippen molar-refractivity contribution in [2.45, 2.75) is 19.6 Å². The van der Waals surface area contributed by atoms with E-state index in [4.69, 9.17) is 0 Å². The van der Waals surface area contributed by atoms with Crippen LogP contribution in [0.3, 0.4) is 0 Å². The van der Waals surface area contributed by atoms with E-state index in [9.17, 15) is 5.11 Å². The lowest BCUT2D eigenvalue weighted by molar-refractivity contribution is 0.185. The molecule has 0 amide bonds. The van der Waals surface area contributed by atoms with Gasteiger partial charge in [0.1, 0.15) is 11.9 Å². The molecule has 20 heavy (non-hydrogen) atoms. The summed E-state index contributed by atoms with van der Waals surface area (Å²) in [5.41, 5.74) is 3.14. The summed E-state index contributed by atoms with van der Waals surface area (Å²) in [5.74, 6) is 0.703. The number of fused-ring (bicyclic) bond motifs is 1. The van der Waals surface area contributed by atoms with Crippen molar-refractivity contribution in [3.8, 4) is 0 Å². The Kier molecular flexibility index (Phi) is 3.59. The van der Waals surface area contributed by atoms with Gasteiger partial charge in [0, 0.05) is 11.0 Å². The molecule has 1 aromatic heterocycles. The Labute approximate surface area is 126 Å². The van der Waals surface area contributed by atoms with Gasteiger partial charge in [-0.05, 0) is 36.8 Å². The zero-order chi connectivity index (χ0) is 14.1. The molecule has 1 atom stereocenters. The molecule has 0 bridgehead atoms. The normalized spacial score (nSPS) is 12.8. The van der Waals surface area contributed by atoms with Crippen LogP contribution in [0.1, 0.15) is 24.4 Å². The average molecular weight is 331 g/mol. The predicted octanol–water partition coefficient (Wildman–Crippen LogP) is 3.90. The molecule has 4 heteroatoms. The fraction of sp³-hybridized carbons (Fsp3) is 0.188. The van der Waals surface area contributed by atoms with Crippen molar-refractivity contribution in [2.24, 2.45) is 0 Å². The van der Waals surface area contributed by atoms with Crippen molar-refractivity contribution in [2.75, 3.05) is 0 Å². The molecule has 0 saturated carbocycles. The van der Waals surface area contributed by atoms with Gasteiger partial charge >= 0.3 is 0 Å². The number of halogens is 1. The molecule has 1 heterocycles. The number of aliphatic hydroxyl groups is 1. The summed E-state index contributed by atoms with van der Waals surface area (Å²) in [7, 11) is 0. The number of rotatable bonds is 3. The molecular weight excluding hydrogens is 316 g/mol. The number of aliphatic hydroxyl groups excluding tert-OH is 1. The fourth-order valence-electron chi connectivity index (χ4n) is 2.35. The first-order chi connectivity index (χ1) is 9.65. The quantitative estimate of drug-likeness (QED) is 0.790. The first kappa shape index (κ1) is 13.3. The fourth-order valence-corrected chi connectivity index (χ4v) is 2.62. The van der Waals surface area contributed by atoms with Crippen LogP contribution in [0, 0.1) is 0 Å². The van der Waals surface area contributed by atoms with Crippen LogP contribution >= 0.6 is 15.9 Å². The molecule has 0 radical (unpaired) electrons. The second-order valence-corrected chi connectivity index (χ2v) is 5.76. The highest BCUT2D eigenvalue weighted by Crippen LogP contribution is 2.22. The molecule has 0 aliphatic rings. The van der Waals surface area contributed by atoms with Gasteiger partial charge in [0.05, 0.1) is 11.0 Å². The summed E-state index contributed by atoms with van der Waals surface area (Å²) in [4.78, 5) is 4.53. The summed E-state index contributed by atoms with van der Waals surface area (Å²) in [6.07, 6.45) is -0.585. The summed E-state index contributed by atoms with van der Waals surface area (Å²) < 4.78 is 3.14. The Morgan fingerprint density at radius 2 is 1.85 bits per heavy atom. The number of hydrogen-bond donors (Lipinski definition) is 1. The van der Waals surface area contributed by atoms with E-state index in [1.807, 2.05) is 36.4 Å². The summed E-state index contributed by atoms with van der Waals surface area (Å²) in [6.45, 7) is 2.45. The number of nitrogens with zero attached hydrogens (tertiary/aromatic N) is 2. The topological polar surface area (TPSA) is 38.1 Å². The first-order valence-electron chi connectivity index (χ1n) is 6.53. The van der Waals surface area contributed by atoms with Gasteiger partial charge in [-0.3, -0.25) is 0 Å². The van der Waals surface area contributed by atoms with Gasteiger partial charge < -0.3 is 9.67 Å². The van der Waals surface area contributed by atoms with Gasteiger partial charge in [-0.2, -0.15) is 0 Å². The van der Waals surface area contributed by atoms with Crippen LogP contribution in [0.15, 0.2) is 53.0 Å². The minimum Gasteiger partial charge on any atom is -0.385 e. The van der Waals surface area contributed by atoms with Crippen LogP contribution in [-0.2, 0) is 6.54 Å². The molecule has 1 unspecified atom stereocenters. The van der Waals surface area contributed by atoms with Gasteiger partial charge in [0.15, 0.2) is 0 Å². The molecule has 3 aromatic rings. The molecular formula is C16H15BrN2O. The molecule has 2 aromatic carbocycles. The maximum atomic E-state index is 9.94. The molecule has 3 rings (SSSR count). The van der Waals surface area contributed by atoms with Gasteiger partial charge in [-0.25, -0.2) is 4.98 Å². The standard InChI is InChI=1S/C16H15BrN2O/c1-11(20)16-18-14-4-2-3-5-15(14)19(16)10-12-6-8-13(17)9-7-12/h2-9,11,20H,10H2,1H3. The maximum absolute atomic E-state index is 9.94. The monoisotopic (exact) mass is 330 g/mol. The zero-order valence-electron chi connectivity index (χ0n) is 11.1. The van der Waals surface area contributed by atoms with E-state index < -0.39 is 6.10 Å². The lowest BCUT2D eigenvalue weighted by atomic mass is 10.2. The second-order valence-electron chi connectivity index (χ2n) is 4.85. The van der Waals surface area contributed by atoms with Crippen LogP contribution in [-0.4, -0.2) is 14.7 Å². The SMILES string of the molecule is CC(O)c1nc2ccccc2n1Cc1ccc(Br)cc1. The Bertz CT molecular complexity index is 732.